The summed E-state index contributed by atoms with van der Waals surface area (Å²) in [6, 6.07) is 0. The molecule has 0 aliphatic heterocycles. The van der Waals surface area contributed by atoms with Gasteiger partial charge in [0, 0.05) is 0 Å². The fourth-order valence-electron chi connectivity index (χ4n) is 4.79. The molecule has 0 unspecified atom stereocenters. The minimum atomic E-state index is 0. The fourth-order valence-corrected chi connectivity index (χ4v) is 4.79. The van der Waals surface area contributed by atoms with Gasteiger partial charge in [-0.3, -0.25) is 0 Å². The topological polar surface area (TPSA) is 0 Å². The molecule has 2 saturated carbocycles. The van der Waals surface area contributed by atoms with Gasteiger partial charge in [0.05, 0.1) is 0 Å². The Labute approximate surface area is 164 Å². The zero-order chi connectivity index (χ0) is 15.8. The van der Waals surface area contributed by atoms with Crippen LogP contribution in [0.2, 0.25) is 0 Å². The first-order valence-electron chi connectivity index (χ1n) is 9.11. The van der Waals surface area contributed by atoms with E-state index in [0.717, 1.165) is 59.2 Å². The maximum Gasteiger partial charge on any atom is 4.00 e. The van der Waals surface area contributed by atoms with Gasteiger partial charge in [0.2, 0.25) is 0 Å². The second kappa shape index (κ2) is 11.4. The molecule has 2 fully saturated rings. The van der Waals surface area contributed by atoms with Gasteiger partial charge < -0.3 is 14.9 Å². The van der Waals surface area contributed by atoms with E-state index in [1.165, 1.54) is 0 Å². The summed E-state index contributed by atoms with van der Waals surface area (Å²) in [4.78, 5) is 0. The van der Waals surface area contributed by atoms with Crippen LogP contribution in [0.5, 0.6) is 0 Å². The Morgan fingerprint density at radius 1 is 0.261 bits per heavy atom. The molecule has 23 heavy (non-hydrogen) atoms. The van der Waals surface area contributed by atoms with E-state index >= 15 is 0 Å². The van der Waals surface area contributed by atoms with Crippen molar-refractivity contribution in [1.29, 1.82) is 0 Å². The molecule has 0 heterocycles. The molecule has 0 amide bonds. The van der Waals surface area contributed by atoms with Crippen LogP contribution in [0.25, 0.3) is 0 Å². The molecule has 0 aromatic rings. The average molecular weight is 358 g/mol. The summed E-state index contributed by atoms with van der Waals surface area (Å²) >= 11 is 0. The van der Waals surface area contributed by atoms with Crippen LogP contribution in [0.1, 0.15) is 69.2 Å². The summed E-state index contributed by atoms with van der Waals surface area (Å²) < 4.78 is 0. The third-order valence-corrected chi connectivity index (χ3v) is 8.29. The molecular weight excluding hydrogens is 312 g/mol. The van der Waals surface area contributed by atoms with Gasteiger partial charge in [-0.2, -0.15) is 0 Å². The predicted molar refractivity (Wildman–Crippen MR) is 104 cm³/mol. The van der Waals surface area contributed by atoms with Crippen molar-refractivity contribution in [2.24, 2.45) is 59.2 Å². The van der Waals surface area contributed by atoms with Gasteiger partial charge in [0.25, 0.3) is 0 Å². The first-order chi connectivity index (χ1) is 9.11. The van der Waals surface area contributed by atoms with E-state index in [4.69, 9.17) is 0 Å². The van der Waals surface area contributed by atoms with Crippen LogP contribution < -0.4 is 0 Å². The zero-order valence-electron chi connectivity index (χ0n) is 18.3. The van der Waals surface area contributed by atoms with Crippen LogP contribution in [-0.2, 0) is 21.7 Å². The van der Waals surface area contributed by atoms with Crippen molar-refractivity contribution >= 4 is 0 Å². The van der Waals surface area contributed by atoms with Crippen molar-refractivity contribution < 1.29 is 21.7 Å². The summed E-state index contributed by atoms with van der Waals surface area (Å²) in [5, 5.41) is 0. The maximum absolute atomic E-state index is 2.40. The van der Waals surface area contributed by atoms with Crippen LogP contribution >= 0.6 is 0 Å². The SMILES string of the molecule is CC1C(C)C(C)C(C)C1C.CC1C(C)C(C)C(C)C1C.[CH3-].[CH3-].[Ti+4]. The second-order valence-electron chi connectivity index (χ2n) is 8.59. The Morgan fingerprint density at radius 3 is 0.348 bits per heavy atom. The quantitative estimate of drug-likeness (QED) is 0.316. The number of hydrogen-bond acceptors (Lipinski definition) is 0. The monoisotopic (exact) mass is 358 g/mol. The summed E-state index contributed by atoms with van der Waals surface area (Å²) in [6.07, 6.45) is 0. The average Bonchev–Trinajstić information content (AvgIpc) is 2.71. The molecule has 0 nitrogen and oxygen atoms in total. The van der Waals surface area contributed by atoms with E-state index in [1.54, 1.807) is 0 Å². The zero-order valence-corrected chi connectivity index (χ0v) is 19.8. The van der Waals surface area contributed by atoms with Crippen LogP contribution in [0.4, 0.5) is 0 Å². The molecule has 0 radical (unpaired) electrons. The third-order valence-electron chi connectivity index (χ3n) is 8.29. The van der Waals surface area contributed by atoms with Crippen molar-refractivity contribution in [2.45, 2.75) is 69.2 Å². The molecule has 0 spiro atoms. The molecule has 136 valence electrons. The van der Waals surface area contributed by atoms with E-state index in [2.05, 4.69) is 69.2 Å². The van der Waals surface area contributed by atoms with Crippen molar-refractivity contribution in [2.75, 3.05) is 0 Å². The first kappa shape index (κ1) is 28.5. The second-order valence-corrected chi connectivity index (χ2v) is 8.59. The van der Waals surface area contributed by atoms with Crippen LogP contribution in [0.15, 0.2) is 0 Å². The molecule has 2 rings (SSSR count). The summed E-state index contributed by atoms with van der Waals surface area (Å²) in [7, 11) is 0. The van der Waals surface area contributed by atoms with E-state index in [1.807, 2.05) is 0 Å². The van der Waals surface area contributed by atoms with Gasteiger partial charge in [0.1, 0.15) is 0 Å². The minimum absolute atomic E-state index is 0. The number of rotatable bonds is 0. The normalized spacial score (nSPS) is 48.3. The van der Waals surface area contributed by atoms with E-state index in [0.29, 0.717) is 0 Å². The Kier molecular flexibility index (Phi) is 14.1. The van der Waals surface area contributed by atoms with Crippen molar-refractivity contribution in [3.8, 4) is 0 Å². The molecule has 0 aromatic carbocycles. The van der Waals surface area contributed by atoms with E-state index in [-0.39, 0.29) is 36.6 Å². The van der Waals surface area contributed by atoms with E-state index < -0.39 is 0 Å². The first-order valence-corrected chi connectivity index (χ1v) is 9.11. The molecule has 0 atom stereocenters. The van der Waals surface area contributed by atoms with Crippen LogP contribution in [-0.4, -0.2) is 0 Å². The Morgan fingerprint density at radius 2 is 0.304 bits per heavy atom. The maximum atomic E-state index is 2.40. The van der Waals surface area contributed by atoms with Gasteiger partial charge in [0.15, 0.2) is 0 Å². The van der Waals surface area contributed by atoms with Crippen molar-refractivity contribution in [1.82, 2.24) is 0 Å². The van der Waals surface area contributed by atoms with Crippen molar-refractivity contribution in [3.63, 3.8) is 0 Å². The largest absolute Gasteiger partial charge is 4.00 e. The molecule has 1 heteroatoms. The minimum Gasteiger partial charge on any atom is -0.358 e. The van der Waals surface area contributed by atoms with Crippen LogP contribution in [0.3, 0.4) is 0 Å². The molecular formula is C22H46Ti+2. The predicted octanol–water partition coefficient (Wildman–Crippen LogP) is 7.26. The summed E-state index contributed by atoms with van der Waals surface area (Å²) in [6.45, 7) is 24.0. The molecule has 2 aliphatic rings. The van der Waals surface area contributed by atoms with Gasteiger partial charge in [-0.05, 0) is 59.2 Å². The molecule has 0 aromatic heterocycles. The standard InChI is InChI=1S/2C10H20.2CH3.Ti/c2*1-6-7(2)9(4)10(5)8(6)3;;;/h2*6-10H,1-5H3;2*1H3;/q;;2*-1;+4. The molecule has 0 bridgehead atoms. The smallest absolute Gasteiger partial charge is 0.358 e. The molecule has 0 saturated heterocycles. The Hall–Kier alpha value is 0.714. The third kappa shape index (κ3) is 5.88. The van der Waals surface area contributed by atoms with Gasteiger partial charge in [-0.15, -0.1) is 0 Å². The van der Waals surface area contributed by atoms with E-state index in [9.17, 15) is 0 Å². The summed E-state index contributed by atoms with van der Waals surface area (Å²) in [5.74, 6) is 9.35. The number of hydrogen-bond donors (Lipinski definition) is 0. The Bertz CT molecular complexity index is 181. The van der Waals surface area contributed by atoms with Gasteiger partial charge >= 0.3 is 21.7 Å². The summed E-state index contributed by atoms with van der Waals surface area (Å²) in [5.41, 5.74) is 0. The fraction of sp³-hybridized carbons (Fsp3) is 0.909. The van der Waals surface area contributed by atoms with Gasteiger partial charge in [-0.25, -0.2) is 0 Å². The van der Waals surface area contributed by atoms with Gasteiger partial charge in [-0.1, -0.05) is 69.2 Å². The van der Waals surface area contributed by atoms with Crippen molar-refractivity contribution in [3.05, 3.63) is 14.9 Å². The van der Waals surface area contributed by atoms with Crippen LogP contribution in [0, 0.1) is 74.0 Å². The molecule has 0 N–H and O–H groups in total. The Balaban J connectivity index is -0.000000308. The molecule has 2 aliphatic carbocycles.